The van der Waals surface area contributed by atoms with Crippen LogP contribution in [-0.4, -0.2) is 38.3 Å². The number of thiophene rings is 1. The zero-order valence-electron chi connectivity index (χ0n) is 17.2. The molecule has 2 aromatic carbocycles. The number of carbonyl (C=O) groups excluding carboxylic acids is 1. The van der Waals surface area contributed by atoms with Crippen LogP contribution in [0, 0.1) is 0 Å². The number of hydrogen-bond acceptors (Lipinski definition) is 6. The molecule has 0 aliphatic carbocycles. The van der Waals surface area contributed by atoms with Crippen LogP contribution in [0.5, 0.6) is 17.2 Å². The number of carboxylic acid groups (broad SMARTS) is 1. The molecule has 0 bridgehead atoms. The molecule has 1 atom stereocenters. The van der Waals surface area contributed by atoms with Gasteiger partial charge in [0.1, 0.15) is 10.6 Å². The lowest BCUT2D eigenvalue weighted by Crippen LogP contribution is -2.23. The van der Waals surface area contributed by atoms with Crippen LogP contribution in [0.4, 0.5) is 5.69 Å². The largest absolute Gasteiger partial charge is 0.496 e. The number of fused-ring (bicyclic) bond motifs is 1. The minimum atomic E-state index is -1.04. The van der Waals surface area contributed by atoms with E-state index in [0.29, 0.717) is 28.5 Å². The molecule has 160 valence electrons. The van der Waals surface area contributed by atoms with Crippen molar-refractivity contribution in [1.82, 2.24) is 0 Å². The van der Waals surface area contributed by atoms with Gasteiger partial charge in [0, 0.05) is 34.4 Å². The van der Waals surface area contributed by atoms with Crippen molar-refractivity contribution in [3.63, 3.8) is 0 Å². The van der Waals surface area contributed by atoms with Crippen LogP contribution in [0.2, 0.25) is 0 Å². The highest BCUT2D eigenvalue weighted by molar-refractivity contribution is 7.15. The molecule has 1 amide bonds. The third-order valence-electron chi connectivity index (χ3n) is 5.27. The number of aromatic carboxylic acids is 1. The molecule has 1 aliphatic rings. The molecular weight excluding hydrogens is 418 g/mol. The fourth-order valence-electron chi connectivity index (χ4n) is 3.89. The first-order valence-corrected chi connectivity index (χ1v) is 10.3. The zero-order valence-corrected chi connectivity index (χ0v) is 18.0. The highest BCUT2D eigenvalue weighted by atomic mass is 32.1. The molecule has 0 radical (unpaired) electrons. The summed E-state index contributed by atoms with van der Waals surface area (Å²) in [6.45, 7) is 0. The van der Waals surface area contributed by atoms with Gasteiger partial charge >= 0.3 is 5.97 Å². The second kappa shape index (κ2) is 8.31. The van der Waals surface area contributed by atoms with Gasteiger partial charge < -0.3 is 24.6 Å². The molecule has 1 aliphatic heterocycles. The van der Waals surface area contributed by atoms with E-state index in [2.05, 4.69) is 5.32 Å². The average molecular weight is 439 g/mol. The number of nitrogens with one attached hydrogen (secondary N) is 1. The number of ether oxygens (including phenoxy) is 3. The third-order valence-corrected chi connectivity index (χ3v) is 6.57. The molecular formula is C23H21NO6S. The van der Waals surface area contributed by atoms with Crippen LogP contribution in [0.15, 0.2) is 42.5 Å². The Hall–Kier alpha value is -3.52. The molecule has 7 nitrogen and oxygen atoms in total. The van der Waals surface area contributed by atoms with Crippen LogP contribution < -0.4 is 19.5 Å². The van der Waals surface area contributed by atoms with Crippen molar-refractivity contribution in [2.24, 2.45) is 0 Å². The highest BCUT2D eigenvalue weighted by Crippen LogP contribution is 2.52. The Labute approximate surface area is 183 Å². The Balaban J connectivity index is 1.96. The predicted molar refractivity (Wildman–Crippen MR) is 118 cm³/mol. The summed E-state index contributed by atoms with van der Waals surface area (Å²) in [4.78, 5) is 25.7. The van der Waals surface area contributed by atoms with E-state index in [1.54, 1.807) is 19.2 Å². The minimum absolute atomic E-state index is 0.159. The monoisotopic (exact) mass is 439 g/mol. The van der Waals surface area contributed by atoms with E-state index in [1.807, 2.05) is 30.3 Å². The van der Waals surface area contributed by atoms with E-state index in [0.717, 1.165) is 16.0 Å². The second-order valence-electron chi connectivity index (χ2n) is 6.97. The van der Waals surface area contributed by atoms with Gasteiger partial charge in [-0.2, -0.15) is 0 Å². The van der Waals surface area contributed by atoms with Gasteiger partial charge in [-0.25, -0.2) is 4.79 Å². The number of anilines is 1. The summed E-state index contributed by atoms with van der Waals surface area (Å²) in [6.07, 6.45) is 0.159. The normalized spacial score (nSPS) is 15.1. The third kappa shape index (κ3) is 3.59. The summed E-state index contributed by atoms with van der Waals surface area (Å²) in [5.74, 6) is -0.0733. The maximum Gasteiger partial charge on any atom is 0.346 e. The lowest BCUT2D eigenvalue weighted by Gasteiger charge is -2.26. The maximum absolute atomic E-state index is 12.7. The highest BCUT2D eigenvalue weighted by Gasteiger charge is 2.36. The first-order valence-electron chi connectivity index (χ1n) is 9.53. The molecule has 1 unspecified atom stereocenters. The molecule has 8 heteroatoms. The van der Waals surface area contributed by atoms with E-state index in [1.165, 1.54) is 25.6 Å². The number of carbonyl (C=O) groups is 2. The van der Waals surface area contributed by atoms with Crippen LogP contribution in [0.25, 0.3) is 11.1 Å². The van der Waals surface area contributed by atoms with Gasteiger partial charge in [-0.15, -0.1) is 11.3 Å². The predicted octanol–water partition coefficient (Wildman–Crippen LogP) is 4.61. The molecule has 0 saturated carbocycles. The van der Waals surface area contributed by atoms with Gasteiger partial charge in [0.15, 0.2) is 11.5 Å². The van der Waals surface area contributed by atoms with Crippen LogP contribution in [-0.2, 0) is 4.79 Å². The van der Waals surface area contributed by atoms with Gasteiger partial charge in [-0.05, 0) is 11.6 Å². The standard InChI is InChI=1S/C23H21NO6S/c1-28-15-11-17(30-3)16(29-2)9-13(15)14-10-18(25)24-20-19(12-7-5-4-6-8-12)22(23(26)27)31-21(14)20/h4-9,11,14H,10H2,1-3H3,(H,24,25)(H,26,27). The first-order chi connectivity index (χ1) is 15.0. The summed E-state index contributed by atoms with van der Waals surface area (Å²) in [7, 11) is 4.61. The van der Waals surface area contributed by atoms with Crippen LogP contribution in [0.1, 0.15) is 32.5 Å². The van der Waals surface area contributed by atoms with Gasteiger partial charge in [-0.3, -0.25) is 4.79 Å². The van der Waals surface area contributed by atoms with Crippen molar-refractivity contribution in [2.45, 2.75) is 12.3 Å². The number of amides is 1. The fourth-order valence-corrected chi connectivity index (χ4v) is 5.13. The van der Waals surface area contributed by atoms with Gasteiger partial charge in [-0.1, -0.05) is 30.3 Å². The van der Waals surface area contributed by atoms with Gasteiger partial charge in [0.05, 0.1) is 27.0 Å². The Bertz CT molecular complexity index is 1150. The van der Waals surface area contributed by atoms with E-state index < -0.39 is 5.97 Å². The molecule has 0 saturated heterocycles. The Morgan fingerprint density at radius 2 is 1.68 bits per heavy atom. The Morgan fingerprint density at radius 1 is 1.03 bits per heavy atom. The Kier molecular flexibility index (Phi) is 5.56. The maximum atomic E-state index is 12.7. The second-order valence-corrected chi connectivity index (χ2v) is 8.02. The summed E-state index contributed by atoms with van der Waals surface area (Å²) in [5.41, 5.74) is 2.52. The van der Waals surface area contributed by atoms with Gasteiger partial charge in [0.2, 0.25) is 5.91 Å². The quantitative estimate of drug-likeness (QED) is 0.582. The summed E-state index contributed by atoms with van der Waals surface area (Å²) in [5, 5.41) is 12.8. The molecule has 2 heterocycles. The van der Waals surface area contributed by atoms with E-state index in [4.69, 9.17) is 14.2 Å². The zero-order chi connectivity index (χ0) is 22.1. The smallest absolute Gasteiger partial charge is 0.346 e. The minimum Gasteiger partial charge on any atom is -0.496 e. The number of rotatable bonds is 6. The lowest BCUT2D eigenvalue weighted by atomic mass is 9.88. The van der Waals surface area contributed by atoms with Crippen molar-refractivity contribution < 1.29 is 28.9 Å². The average Bonchev–Trinajstić information content (AvgIpc) is 3.17. The molecule has 0 fully saturated rings. The van der Waals surface area contributed by atoms with Crippen molar-refractivity contribution >= 4 is 28.9 Å². The van der Waals surface area contributed by atoms with Crippen molar-refractivity contribution in [2.75, 3.05) is 26.6 Å². The fraction of sp³-hybridized carbons (Fsp3) is 0.217. The molecule has 0 spiro atoms. The van der Waals surface area contributed by atoms with Crippen molar-refractivity contribution in [3.8, 4) is 28.4 Å². The summed E-state index contributed by atoms with van der Waals surface area (Å²) in [6, 6.07) is 12.7. The van der Waals surface area contributed by atoms with E-state index in [9.17, 15) is 14.7 Å². The van der Waals surface area contributed by atoms with E-state index in [-0.39, 0.29) is 23.1 Å². The summed E-state index contributed by atoms with van der Waals surface area (Å²) >= 11 is 1.17. The molecule has 2 N–H and O–H groups in total. The van der Waals surface area contributed by atoms with Gasteiger partial charge in [0.25, 0.3) is 0 Å². The topological polar surface area (TPSA) is 94.1 Å². The molecule has 1 aromatic heterocycles. The molecule has 4 rings (SSSR count). The lowest BCUT2D eigenvalue weighted by molar-refractivity contribution is -0.116. The number of hydrogen-bond donors (Lipinski definition) is 2. The molecule has 31 heavy (non-hydrogen) atoms. The van der Waals surface area contributed by atoms with Crippen LogP contribution in [0.3, 0.4) is 0 Å². The number of carboxylic acids is 1. The number of methoxy groups -OCH3 is 3. The number of benzene rings is 2. The van der Waals surface area contributed by atoms with Crippen molar-refractivity contribution in [3.05, 3.63) is 57.8 Å². The van der Waals surface area contributed by atoms with E-state index >= 15 is 0 Å². The SMILES string of the molecule is COc1cc(OC)c(C2CC(=O)Nc3c2sc(C(=O)O)c3-c2ccccc2)cc1OC. The molecule has 3 aromatic rings. The Morgan fingerprint density at radius 3 is 2.29 bits per heavy atom. The summed E-state index contributed by atoms with van der Waals surface area (Å²) < 4.78 is 16.4. The van der Waals surface area contributed by atoms with Crippen LogP contribution >= 0.6 is 11.3 Å². The van der Waals surface area contributed by atoms with Crippen molar-refractivity contribution in [1.29, 1.82) is 0 Å². The first kappa shape index (κ1) is 20.7.